The Kier molecular flexibility index (Phi) is 7.01. The normalized spacial score (nSPS) is 11.4. The van der Waals surface area contributed by atoms with Gasteiger partial charge in [0.2, 0.25) is 0 Å². The van der Waals surface area contributed by atoms with Crippen molar-refractivity contribution in [2.24, 2.45) is 0 Å². The highest BCUT2D eigenvalue weighted by molar-refractivity contribution is 6.11. The number of fused-ring (bicyclic) bond motifs is 1. The van der Waals surface area contributed by atoms with E-state index < -0.39 is 5.91 Å². The first kappa shape index (κ1) is 19.3. The van der Waals surface area contributed by atoms with Gasteiger partial charge in [0.1, 0.15) is 17.4 Å². The van der Waals surface area contributed by atoms with Crippen LogP contribution in [0.15, 0.2) is 48.2 Å². The van der Waals surface area contributed by atoms with Crippen LogP contribution in [0, 0.1) is 11.3 Å². The highest BCUT2D eigenvalue weighted by atomic mass is 16.3. The molecule has 2 rings (SSSR count). The Hall–Kier alpha value is -3.04. The molecule has 0 saturated heterocycles. The van der Waals surface area contributed by atoms with Crippen LogP contribution in [0.1, 0.15) is 13.8 Å². The smallest absolute Gasteiger partial charge is 0.267 e. The first-order valence-corrected chi connectivity index (χ1v) is 8.68. The number of phenols is 1. The number of benzene rings is 2. The third-order valence-electron chi connectivity index (χ3n) is 4.23. The lowest BCUT2D eigenvalue weighted by atomic mass is 10.1. The summed E-state index contributed by atoms with van der Waals surface area (Å²) in [6.45, 7) is 7.60. The van der Waals surface area contributed by atoms with Crippen LogP contribution in [0.5, 0.6) is 5.75 Å². The van der Waals surface area contributed by atoms with Gasteiger partial charge < -0.3 is 20.6 Å². The number of amides is 1. The van der Waals surface area contributed by atoms with Gasteiger partial charge in [-0.15, -0.1) is 0 Å². The second kappa shape index (κ2) is 9.44. The maximum atomic E-state index is 12.4. The molecule has 26 heavy (non-hydrogen) atoms. The largest absolute Gasteiger partial charge is 0.507 e. The molecule has 0 aromatic heterocycles. The molecule has 0 aliphatic heterocycles. The summed E-state index contributed by atoms with van der Waals surface area (Å²) in [7, 11) is 0. The Labute approximate surface area is 153 Å². The molecule has 1 amide bonds. The molecule has 6 heteroatoms. The van der Waals surface area contributed by atoms with Crippen LogP contribution < -0.4 is 10.6 Å². The Morgan fingerprint density at radius 1 is 1.19 bits per heavy atom. The molecule has 0 fully saturated rings. The average molecular weight is 352 g/mol. The molecule has 0 spiro atoms. The second-order valence-corrected chi connectivity index (χ2v) is 5.78. The number of nitrogens with one attached hydrogen (secondary N) is 2. The zero-order valence-electron chi connectivity index (χ0n) is 15.1. The average Bonchev–Trinajstić information content (AvgIpc) is 2.65. The number of aromatic hydroxyl groups is 1. The standard InChI is InChI=1S/C20H24N4O2/c1-3-24(4-2)12-11-22-14-15(13-21)20(26)23-18-9-5-8-17-16(18)7-6-10-19(17)25/h5-10,14,22,25H,3-4,11-12H2,1-2H3,(H,23,26)/b15-14-. The monoisotopic (exact) mass is 352 g/mol. The quantitative estimate of drug-likeness (QED) is 0.386. The molecule has 0 heterocycles. The molecule has 0 aliphatic rings. The van der Waals surface area contributed by atoms with Gasteiger partial charge in [-0.05, 0) is 25.2 Å². The van der Waals surface area contributed by atoms with E-state index in [2.05, 4.69) is 29.4 Å². The number of anilines is 1. The lowest BCUT2D eigenvalue weighted by Crippen LogP contribution is -2.30. The molecule has 0 unspecified atom stereocenters. The fourth-order valence-corrected chi connectivity index (χ4v) is 2.68. The summed E-state index contributed by atoms with van der Waals surface area (Å²) in [5.74, 6) is -0.341. The third kappa shape index (κ3) is 4.74. The van der Waals surface area contributed by atoms with Crippen molar-refractivity contribution in [1.29, 1.82) is 5.26 Å². The maximum Gasteiger partial charge on any atom is 0.267 e. The summed E-state index contributed by atoms with van der Waals surface area (Å²) in [6, 6.07) is 12.3. The number of rotatable bonds is 8. The van der Waals surface area contributed by atoms with E-state index in [4.69, 9.17) is 0 Å². The molecule has 0 bridgehead atoms. The van der Waals surface area contributed by atoms with E-state index in [0.29, 0.717) is 23.0 Å². The van der Waals surface area contributed by atoms with E-state index in [1.807, 2.05) is 12.1 Å². The van der Waals surface area contributed by atoms with E-state index >= 15 is 0 Å². The van der Waals surface area contributed by atoms with Crippen molar-refractivity contribution >= 4 is 22.4 Å². The number of nitrogens with zero attached hydrogens (tertiary/aromatic N) is 2. The van der Waals surface area contributed by atoms with E-state index in [-0.39, 0.29) is 11.3 Å². The molecule has 136 valence electrons. The van der Waals surface area contributed by atoms with Crippen LogP contribution in [0.4, 0.5) is 5.69 Å². The topological polar surface area (TPSA) is 88.4 Å². The van der Waals surface area contributed by atoms with Crippen molar-refractivity contribution in [2.45, 2.75) is 13.8 Å². The number of hydrogen-bond donors (Lipinski definition) is 3. The van der Waals surface area contributed by atoms with Crippen molar-refractivity contribution < 1.29 is 9.90 Å². The minimum atomic E-state index is -0.487. The summed E-state index contributed by atoms with van der Waals surface area (Å²) in [5.41, 5.74) is 0.550. The van der Waals surface area contributed by atoms with Crippen molar-refractivity contribution in [3.05, 3.63) is 48.2 Å². The van der Waals surface area contributed by atoms with Crippen molar-refractivity contribution in [1.82, 2.24) is 10.2 Å². The Balaban J connectivity index is 2.07. The zero-order valence-corrected chi connectivity index (χ0v) is 15.1. The van der Waals surface area contributed by atoms with Crippen molar-refractivity contribution in [3.8, 4) is 11.8 Å². The number of likely N-dealkylation sites (N-methyl/N-ethyl adjacent to an activating group) is 1. The van der Waals surface area contributed by atoms with E-state index in [0.717, 1.165) is 19.6 Å². The lowest BCUT2D eigenvalue weighted by molar-refractivity contribution is -0.112. The number of carbonyl (C=O) groups is 1. The van der Waals surface area contributed by atoms with E-state index in [9.17, 15) is 15.2 Å². The van der Waals surface area contributed by atoms with Crippen molar-refractivity contribution in [2.75, 3.05) is 31.5 Å². The fraction of sp³-hybridized carbons (Fsp3) is 0.300. The zero-order chi connectivity index (χ0) is 18.9. The van der Waals surface area contributed by atoms with Crippen LogP contribution in [-0.2, 0) is 4.79 Å². The highest BCUT2D eigenvalue weighted by Gasteiger charge is 2.12. The highest BCUT2D eigenvalue weighted by Crippen LogP contribution is 2.29. The molecule has 2 aromatic carbocycles. The SMILES string of the molecule is CCN(CC)CCN/C=C(/C#N)C(=O)Nc1cccc2c(O)cccc12. The lowest BCUT2D eigenvalue weighted by Gasteiger charge is -2.17. The maximum absolute atomic E-state index is 12.4. The fourth-order valence-electron chi connectivity index (χ4n) is 2.68. The van der Waals surface area contributed by atoms with Crippen LogP contribution >= 0.6 is 0 Å². The van der Waals surface area contributed by atoms with Gasteiger partial charge in [-0.25, -0.2) is 0 Å². The third-order valence-corrected chi connectivity index (χ3v) is 4.23. The first-order valence-electron chi connectivity index (χ1n) is 8.68. The predicted octanol–water partition coefficient (Wildman–Crippen LogP) is 2.82. The number of carbonyl (C=O) groups excluding carboxylic acids is 1. The van der Waals surface area contributed by atoms with Crippen LogP contribution in [0.3, 0.4) is 0 Å². The molecule has 0 radical (unpaired) electrons. The Morgan fingerprint density at radius 2 is 1.88 bits per heavy atom. The van der Waals surface area contributed by atoms with Gasteiger partial charge in [0, 0.05) is 35.7 Å². The minimum Gasteiger partial charge on any atom is -0.507 e. The summed E-state index contributed by atoms with van der Waals surface area (Å²) < 4.78 is 0. The van der Waals surface area contributed by atoms with Gasteiger partial charge in [0.25, 0.3) is 5.91 Å². The van der Waals surface area contributed by atoms with Crippen molar-refractivity contribution in [3.63, 3.8) is 0 Å². The Bertz CT molecular complexity index is 835. The van der Waals surface area contributed by atoms with Gasteiger partial charge in [0.05, 0.1) is 0 Å². The molecule has 2 aromatic rings. The molecular weight excluding hydrogens is 328 g/mol. The van der Waals surface area contributed by atoms with Gasteiger partial charge >= 0.3 is 0 Å². The van der Waals surface area contributed by atoms with Gasteiger partial charge in [-0.3, -0.25) is 4.79 Å². The summed E-state index contributed by atoms with van der Waals surface area (Å²) in [5, 5.41) is 26.3. The van der Waals surface area contributed by atoms with Gasteiger partial charge in [-0.1, -0.05) is 38.1 Å². The summed E-state index contributed by atoms with van der Waals surface area (Å²) >= 11 is 0. The molecule has 6 nitrogen and oxygen atoms in total. The summed E-state index contributed by atoms with van der Waals surface area (Å²) in [4.78, 5) is 14.6. The number of nitriles is 1. The van der Waals surface area contributed by atoms with Crippen LogP contribution in [0.25, 0.3) is 10.8 Å². The van der Waals surface area contributed by atoms with E-state index in [1.165, 1.54) is 6.20 Å². The molecular formula is C20H24N4O2. The molecule has 0 atom stereocenters. The number of phenolic OH excluding ortho intramolecular Hbond substituents is 1. The van der Waals surface area contributed by atoms with Gasteiger partial charge in [0.15, 0.2) is 0 Å². The minimum absolute atomic E-state index is 0.00158. The van der Waals surface area contributed by atoms with Gasteiger partial charge in [-0.2, -0.15) is 5.26 Å². The molecule has 0 aliphatic carbocycles. The molecule has 3 N–H and O–H groups in total. The predicted molar refractivity (Wildman–Crippen MR) is 104 cm³/mol. The molecule has 0 saturated carbocycles. The Morgan fingerprint density at radius 3 is 2.58 bits per heavy atom. The first-order chi connectivity index (χ1) is 12.6. The van der Waals surface area contributed by atoms with Crippen LogP contribution in [-0.4, -0.2) is 42.1 Å². The van der Waals surface area contributed by atoms with E-state index in [1.54, 1.807) is 30.3 Å². The summed E-state index contributed by atoms with van der Waals surface area (Å²) in [6.07, 6.45) is 1.45. The van der Waals surface area contributed by atoms with Crippen LogP contribution in [0.2, 0.25) is 0 Å². The number of hydrogen-bond acceptors (Lipinski definition) is 5. The second-order valence-electron chi connectivity index (χ2n) is 5.78.